The minimum Gasteiger partial charge on any atom is -0.381 e. The minimum atomic E-state index is 0.279. The Labute approximate surface area is 122 Å². The number of ether oxygens (including phenoxy) is 1. The van der Waals surface area contributed by atoms with Gasteiger partial charge in [0.2, 0.25) is 0 Å². The largest absolute Gasteiger partial charge is 0.381 e. The molecule has 1 aromatic rings. The molecule has 106 valence electrons. The third-order valence-corrected chi connectivity index (χ3v) is 4.27. The van der Waals surface area contributed by atoms with Gasteiger partial charge in [0.1, 0.15) is 22.4 Å². The van der Waals surface area contributed by atoms with E-state index in [2.05, 4.69) is 43.5 Å². The predicted molar refractivity (Wildman–Crippen MR) is 80.5 cm³/mol. The quantitative estimate of drug-likeness (QED) is 0.870. The van der Waals surface area contributed by atoms with Crippen LogP contribution in [-0.4, -0.2) is 36.3 Å². The molecule has 6 heteroatoms. The zero-order chi connectivity index (χ0) is 13.7. The third-order valence-electron chi connectivity index (χ3n) is 3.52. The molecule has 1 fully saturated rings. The van der Waals surface area contributed by atoms with Gasteiger partial charge in [0.05, 0.1) is 0 Å². The van der Waals surface area contributed by atoms with Gasteiger partial charge in [0.25, 0.3) is 0 Å². The van der Waals surface area contributed by atoms with Crippen molar-refractivity contribution < 1.29 is 4.74 Å². The average Bonchev–Trinajstić information content (AvgIpc) is 2.41. The standard InChI is InChI=1S/C13H21BrN4O/c1-3-15-11-10(14)12(18-9-17-11)16-8-13(2)4-6-19-7-5-13/h9H,3-8H2,1-2H3,(H2,15,16,17,18). The van der Waals surface area contributed by atoms with Crippen LogP contribution in [0.4, 0.5) is 11.6 Å². The summed E-state index contributed by atoms with van der Waals surface area (Å²) in [5.74, 6) is 1.68. The van der Waals surface area contributed by atoms with Crippen LogP contribution < -0.4 is 10.6 Å². The normalized spacial score (nSPS) is 18.1. The fraction of sp³-hybridized carbons (Fsp3) is 0.692. The van der Waals surface area contributed by atoms with E-state index in [0.717, 1.165) is 55.3 Å². The molecule has 2 heterocycles. The second-order valence-corrected chi connectivity index (χ2v) is 5.98. The predicted octanol–water partition coefficient (Wildman–Crippen LogP) is 2.90. The van der Waals surface area contributed by atoms with E-state index in [9.17, 15) is 0 Å². The summed E-state index contributed by atoms with van der Waals surface area (Å²) in [7, 11) is 0. The van der Waals surface area contributed by atoms with Crippen LogP contribution in [0.3, 0.4) is 0 Å². The molecule has 0 atom stereocenters. The van der Waals surface area contributed by atoms with E-state index >= 15 is 0 Å². The van der Waals surface area contributed by atoms with Gasteiger partial charge in [-0.15, -0.1) is 0 Å². The highest BCUT2D eigenvalue weighted by Gasteiger charge is 2.27. The molecular weight excluding hydrogens is 308 g/mol. The van der Waals surface area contributed by atoms with Crippen molar-refractivity contribution in [1.29, 1.82) is 0 Å². The van der Waals surface area contributed by atoms with Crippen LogP contribution in [0.2, 0.25) is 0 Å². The summed E-state index contributed by atoms with van der Waals surface area (Å²) in [5, 5.41) is 6.63. The number of aromatic nitrogens is 2. The van der Waals surface area contributed by atoms with E-state index in [-0.39, 0.29) is 5.41 Å². The molecule has 0 aromatic carbocycles. The zero-order valence-corrected chi connectivity index (χ0v) is 13.1. The highest BCUT2D eigenvalue weighted by molar-refractivity contribution is 9.10. The van der Waals surface area contributed by atoms with E-state index in [1.807, 2.05) is 6.92 Å². The summed E-state index contributed by atoms with van der Waals surface area (Å²) in [4.78, 5) is 8.51. The van der Waals surface area contributed by atoms with Crippen LogP contribution in [0.5, 0.6) is 0 Å². The Morgan fingerprint density at radius 1 is 1.26 bits per heavy atom. The average molecular weight is 329 g/mol. The van der Waals surface area contributed by atoms with Crippen molar-refractivity contribution in [3.05, 3.63) is 10.8 Å². The fourth-order valence-corrected chi connectivity index (χ4v) is 2.61. The number of anilines is 2. The molecule has 0 saturated carbocycles. The summed E-state index contributed by atoms with van der Waals surface area (Å²) in [6.45, 7) is 7.78. The first-order valence-electron chi connectivity index (χ1n) is 6.70. The molecule has 1 saturated heterocycles. The maximum atomic E-state index is 5.42. The Bertz CT molecular complexity index is 421. The summed E-state index contributed by atoms with van der Waals surface area (Å²) in [5.41, 5.74) is 0.279. The lowest BCUT2D eigenvalue weighted by Gasteiger charge is -2.33. The van der Waals surface area contributed by atoms with E-state index in [1.54, 1.807) is 6.33 Å². The summed E-state index contributed by atoms with van der Waals surface area (Å²) < 4.78 is 6.31. The Balaban J connectivity index is 2.00. The lowest BCUT2D eigenvalue weighted by molar-refractivity contribution is 0.0299. The third kappa shape index (κ3) is 3.79. The number of nitrogens with zero attached hydrogens (tertiary/aromatic N) is 2. The molecule has 1 aromatic heterocycles. The molecule has 1 aliphatic heterocycles. The van der Waals surface area contributed by atoms with Gasteiger partial charge in [-0.1, -0.05) is 6.92 Å². The van der Waals surface area contributed by atoms with Gasteiger partial charge in [-0.25, -0.2) is 9.97 Å². The second-order valence-electron chi connectivity index (χ2n) is 5.19. The van der Waals surface area contributed by atoms with Crippen LogP contribution in [0.25, 0.3) is 0 Å². The van der Waals surface area contributed by atoms with Gasteiger partial charge in [0.15, 0.2) is 0 Å². The van der Waals surface area contributed by atoms with Gasteiger partial charge in [-0.3, -0.25) is 0 Å². The van der Waals surface area contributed by atoms with Crippen LogP contribution >= 0.6 is 15.9 Å². The van der Waals surface area contributed by atoms with E-state index < -0.39 is 0 Å². The molecule has 0 radical (unpaired) electrons. The molecule has 2 rings (SSSR count). The van der Waals surface area contributed by atoms with Gasteiger partial charge >= 0.3 is 0 Å². The Morgan fingerprint density at radius 3 is 2.53 bits per heavy atom. The van der Waals surface area contributed by atoms with Gasteiger partial charge in [-0.2, -0.15) is 0 Å². The fourth-order valence-electron chi connectivity index (χ4n) is 2.12. The van der Waals surface area contributed by atoms with E-state index in [1.165, 1.54) is 0 Å². The molecule has 2 N–H and O–H groups in total. The maximum Gasteiger partial charge on any atom is 0.145 e. The van der Waals surface area contributed by atoms with E-state index in [4.69, 9.17) is 4.74 Å². The van der Waals surface area contributed by atoms with Crippen molar-refractivity contribution in [3.8, 4) is 0 Å². The highest BCUT2D eigenvalue weighted by atomic mass is 79.9. The molecule has 19 heavy (non-hydrogen) atoms. The van der Waals surface area contributed by atoms with Gasteiger partial charge < -0.3 is 15.4 Å². The minimum absolute atomic E-state index is 0.279. The van der Waals surface area contributed by atoms with Crippen molar-refractivity contribution >= 4 is 27.6 Å². The number of rotatable bonds is 5. The number of halogens is 1. The highest BCUT2D eigenvalue weighted by Crippen LogP contribution is 2.32. The van der Waals surface area contributed by atoms with Crippen molar-refractivity contribution in [3.63, 3.8) is 0 Å². The van der Waals surface area contributed by atoms with Crippen LogP contribution in [0.15, 0.2) is 10.8 Å². The Morgan fingerprint density at radius 2 is 1.89 bits per heavy atom. The lowest BCUT2D eigenvalue weighted by Crippen LogP contribution is -2.33. The topological polar surface area (TPSA) is 59.1 Å². The van der Waals surface area contributed by atoms with Crippen molar-refractivity contribution in [2.75, 3.05) is 36.9 Å². The first kappa shape index (κ1) is 14.5. The summed E-state index contributed by atoms with van der Waals surface area (Å²) in [6.07, 6.45) is 3.75. The monoisotopic (exact) mass is 328 g/mol. The van der Waals surface area contributed by atoms with Crippen LogP contribution in [-0.2, 0) is 4.74 Å². The first-order valence-corrected chi connectivity index (χ1v) is 7.50. The summed E-state index contributed by atoms with van der Waals surface area (Å²) in [6, 6.07) is 0. The van der Waals surface area contributed by atoms with Crippen LogP contribution in [0.1, 0.15) is 26.7 Å². The molecule has 1 aliphatic rings. The number of hydrogen-bond acceptors (Lipinski definition) is 5. The van der Waals surface area contributed by atoms with Crippen molar-refractivity contribution in [2.24, 2.45) is 5.41 Å². The van der Waals surface area contributed by atoms with E-state index in [0.29, 0.717) is 0 Å². The molecular formula is C13H21BrN4O. The molecule has 0 amide bonds. The summed E-state index contributed by atoms with van der Waals surface area (Å²) >= 11 is 3.55. The second kappa shape index (κ2) is 6.52. The molecule has 0 spiro atoms. The lowest BCUT2D eigenvalue weighted by atomic mass is 9.82. The molecule has 0 bridgehead atoms. The van der Waals surface area contributed by atoms with Crippen LogP contribution in [0, 0.1) is 5.41 Å². The van der Waals surface area contributed by atoms with Crippen molar-refractivity contribution in [2.45, 2.75) is 26.7 Å². The number of hydrogen-bond donors (Lipinski definition) is 2. The maximum absolute atomic E-state index is 5.42. The first-order chi connectivity index (χ1) is 9.14. The van der Waals surface area contributed by atoms with Gasteiger partial charge in [0, 0.05) is 26.3 Å². The van der Waals surface area contributed by atoms with Crippen molar-refractivity contribution in [1.82, 2.24) is 9.97 Å². The Kier molecular flexibility index (Phi) is 4.99. The molecule has 0 aliphatic carbocycles. The smallest absolute Gasteiger partial charge is 0.145 e. The number of nitrogens with one attached hydrogen (secondary N) is 2. The SMILES string of the molecule is CCNc1ncnc(NCC2(C)CCOCC2)c1Br. The molecule has 5 nitrogen and oxygen atoms in total. The van der Waals surface area contributed by atoms with Gasteiger partial charge in [-0.05, 0) is 41.1 Å². The zero-order valence-electron chi connectivity index (χ0n) is 11.5. The molecule has 0 unspecified atom stereocenters. The Hall–Kier alpha value is -0.880.